The molecule has 0 spiro atoms. The molecule has 5 heteroatoms. The summed E-state index contributed by atoms with van der Waals surface area (Å²) in [7, 11) is 0. The van der Waals surface area contributed by atoms with E-state index in [1.807, 2.05) is 0 Å². The van der Waals surface area contributed by atoms with Gasteiger partial charge in [-0.15, -0.1) is 0 Å². The largest absolute Gasteiger partial charge is 0.291 e. The summed E-state index contributed by atoms with van der Waals surface area (Å²) in [5.74, 6) is 0. The van der Waals surface area contributed by atoms with E-state index in [4.69, 9.17) is 11.6 Å². The first-order valence-corrected chi connectivity index (χ1v) is 4.30. The topological polar surface area (TPSA) is 43.1 Å². The van der Waals surface area contributed by atoms with Crippen LogP contribution in [0.25, 0.3) is 0 Å². The monoisotopic (exact) mass is 249 g/mol. The van der Waals surface area contributed by atoms with Crippen LogP contribution >= 0.6 is 27.5 Å². The summed E-state index contributed by atoms with van der Waals surface area (Å²) in [6.07, 6.45) is 0. The SMILES string of the molecule is Cc1ccc(Br)c(Cl)c1[N+](=O)[O-]. The minimum absolute atomic E-state index is 0.0361. The van der Waals surface area contributed by atoms with Gasteiger partial charge in [0.05, 0.1) is 4.92 Å². The molecule has 0 saturated carbocycles. The van der Waals surface area contributed by atoms with Gasteiger partial charge in [0.15, 0.2) is 0 Å². The van der Waals surface area contributed by atoms with E-state index in [0.29, 0.717) is 10.0 Å². The second-order valence-electron chi connectivity index (χ2n) is 2.28. The molecule has 3 nitrogen and oxygen atoms in total. The van der Waals surface area contributed by atoms with Crippen LogP contribution < -0.4 is 0 Å². The summed E-state index contributed by atoms with van der Waals surface area (Å²) in [5.41, 5.74) is 0.527. The van der Waals surface area contributed by atoms with Crippen LogP contribution in [0.3, 0.4) is 0 Å². The van der Waals surface area contributed by atoms with E-state index in [1.54, 1.807) is 19.1 Å². The Labute approximate surface area is 82.6 Å². The lowest BCUT2D eigenvalue weighted by molar-refractivity contribution is -0.385. The van der Waals surface area contributed by atoms with Crippen molar-refractivity contribution in [2.24, 2.45) is 0 Å². The van der Waals surface area contributed by atoms with Gasteiger partial charge >= 0.3 is 0 Å². The van der Waals surface area contributed by atoms with Gasteiger partial charge in [0.1, 0.15) is 5.02 Å². The maximum absolute atomic E-state index is 10.5. The Morgan fingerprint density at radius 1 is 1.58 bits per heavy atom. The van der Waals surface area contributed by atoms with Gasteiger partial charge in [0, 0.05) is 10.0 Å². The Morgan fingerprint density at radius 3 is 2.58 bits per heavy atom. The molecule has 0 unspecified atom stereocenters. The van der Waals surface area contributed by atoms with E-state index < -0.39 is 4.92 Å². The summed E-state index contributed by atoms with van der Waals surface area (Å²) in [6.45, 7) is 1.65. The molecular formula is C7H5BrClNO2. The molecule has 0 amide bonds. The van der Waals surface area contributed by atoms with Crippen molar-refractivity contribution in [1.29, 1.82) is 0 Å². The standard InChI is InChI=1S/C7H5BrClNO2/c1-4-2-3-5(8)6(9)7(4)10(11)12/h2-3H,1H3. The van der Waals surface area contributed by atoms with Crippen LogP contribution in [0.5, 0.6) is 0 Å². The molecule has 64 valence electrons. The van der Waals surface area contributed by atoms with Gasteiger partial charge in [-0.25, -0.2) is 0 Å². The van der Waals surface area contributed by atoms with Crippen molar-refractivity contribution in [3.05, 3.63) is 37.3 Å². The molecular weight excluding hydrogens is 245 g/mol. The molecule has 0 N–H and O–H groups in total. The van der Waals surface area contributed by atoms with Gasteiger partial charge in [-0.2, -0.15) is 0 Å². The molecule has 1 rings (SSSR count). The van der Waals surface area contributed by atoms with Crippen molar-refractivity contribution in [1.82, 2.24) is 0 Å². The fourth-order valence-corrected chi connectivity index (χ4v) is 1.46. The van der Waals surface area contributed by atoms with Crippen LogP contribution in [0.15, 0.2) is 16.6 Å². The van der Waals surface area contributed by atoms with E-state index >= 15 is 0 Å². The first-order valence-electron chi connectivity index (χ1n) is 3.13. The molecule has 0 heterocycles. The Morgan fingerprint density at radius 2 is 2.17 bits per heavy atom. The number of halogens is 2. The number of hydrogen-bond donors (Lipinski definition) is 0. The van der Waals surface area contributed by atoms with E-state index in [2.05, 4.69) is 15.9 Å². The van der Waals surface area contributed by atoms with E-state index in [0.717, 1.165) is 0 Å². The zero-order valence-corrected chi connectivity index (χ0v) is 8.52. The Bertz CT molecular complexity index is 340. The van der Waals surface area contributed by atoms with E-state index in [1.165, 1.54) is 0 Å². The van der Waals surface area contributed by atoms with Crippen LogP contribution in [0.4, 0.5) is 5.69 Å². The van der Waals surface area contributed by atoms with Crippen molar-refractivity contribution in [2.75, 3.05) is 0 Å². The quantitative estimate of drug-likeness (QED) is 0.567. The van der Waals surface area contributed by atoms with Crippen LogP contribution in [0.2, 0.25) is 5.02 Å². The first-order chi connectivity index (χ1) is 5.54. The Kier molecular flexibility index (Phi) is 2.69. The molecule has 0 saturated heterocycles. The minimum Gasteiger partial charge on any atom is -0.258 e. The highest BCUT2D eigenvalue weighted by atomic mass is 79.9. The first kappa shape index (κ1) is 9.48. The molecule has 0 aliphatic rings. The van der Waals surface area contributed by atoms with E-state index in [9.17, 15) is 10.1 Å². The zero-order chi connectivity index (χ0) is 9.30. The predicted molar refractivity (Wildman–Crippen MR) is 50.5 cm³/mol. The molecule has 0 radical (unpaired) electrons. The third-order valence-corrected chi connectivity index (χ3v) is 2.73. The lowest BCUT2D eigenvalue weighted by atomic mass is 10.2. The van der Waals surface area contributed by atoms with Gasteiger partial charge < -0.3 is 0 Å². The normalized spacial score (nSPS) is 9.92. The van der Waals surface area contributed by atoms with Gasteiger partial charge in [-0.3, -0.25) is 10.1 Å². The number of nitro benzene ring substituents is 1. The second kappa shape index (κ2) is 3.41. The highest BCUT2D eigenvalue weighted by Gasteiger charge is 2.17. The van der Waals surface area contributed by atoms with Crippen molar-refractivity contribution in [2.45, 2.75) is 6.92 Å². The highest BCUT2D eigenvalue weighted by Crippen LogP contribution is 2.34. The summed E-state index contributed by atoms with van der Waals surface area (Å²) in [6, 6.07) is 3.33. The third-order valence-electron chi connectivity index (χ3n) is 1.45. The van der Waals surface area contributed by atoms with E-state index in [-0.39, 0.29) is 10.7 Å². The number of rotatable bonds is 1. The number of aryl methyl sites for hydroxylation is 1. The van der Waals surface area contributed by atoms with Crippen LogP contribution in [-0.2, 0) is 0 Å². The zero-order valence-electron chi connectivity index (χ0n) is 6.17. The maximum atomic E-state index is 10.5. The molecule has 1 aromatic rings. The van der Waals surface area contributed by atoms with Crippen LogP contribution in [0.1, 0.15) is 5.56 Å². The van der Waals surface area contributed by atoms with Gasteiger partial charge in [-0.1, -0.05) is 17.7 Å². The summed E-state index contributed by atoms with van der Waals surface area (Å²) < 4.78 is 0.543. The fourth-order valence-electron chi connectivity index (χ4n) is 0.861. The summed E-state index contributed by atoms with van der Waals surface area (Å²) >= 11 is 8.82. The van der Waals surface area contributed by atoms with Crippen molar-refractivity contribution < 1.29 is 4.92 Å². The minimum atomic E-state index is -0.484. The third kappa shape index (κ3) is 1.59. The lowest BCUT2D eigenvalue weighted by Gasteiger charge is -2.00. The molecule has 0 atom stereocenters. The van der Waals surface area contributed by atoms with Gasteiger partial charge in [0.25, 0.3) is 5.69 Å². The molecule has 0 fully saturated rings. The molecule has 12 heavy (non-hydrogen) atoms. The second-order valence-corrected chi connectivity index (χ2v) is 3.52. The van der Waals surface area contributed by atoms with Crippen molar-refractivity contribution >= 4 is 33.2 Å². The van der Waals surface area contributed by atoms with Gasteiger partial charge in [0.2, 0.25) is 0 Å². The molecule has 0 bridgehead atoms. The average Bonchev–Trinajstić information content (AvgIpc) is 1.97. The summed E-state index contributed by atoms with van der Waals surface area (Å²) in [4.78, 5) is 10.0. The van der Waals surface area contributed by atoms with Gasteiger partial charge in [-0.05, 0) is 28.9 Å². The predicted octanol–water partition coefficient (Wildman–Crippen LogP) is 3.32. The highest BCUT2D eigenvalue weighted by molar-refractivity contribution is 9.10. The molecule has 0 aliphatic heterocycles. The summed E-state index contributed by atoms with van der Waals surface area (Å²) in [5, 5.41) is 10.6. The van der Waals surface area contributed by atoms with Crippen LogP contribution in [-0.4, -0.2) is 4.92 Å². The Balaban J connectivity index is 3.43. The van der Waals surface area contributed by atoms with Crippen molar-refractivity contribution in [3.63, 3.8) is 0 Å². The molecule has 0 aliphatic carbocycles. The number of hydrogen-bond acceptors (Lipinski definition) is 2. The lowest BCUT2D eigenvalue weighted by Crippen LogP contribution is -1.92. The average molecular weight is 250 g/mol. The number of benzene rings is 1. The van der Waals surface area contributed by atoms with Crippen LogP contribution in [0, 0.1) is 17.0 Å². The molecule has 1 aromatic carbocycles. The van der Waals surface area contributed by atoms with Crippen molar-refractivity contribution in [3.8, 4) is 0 Å². The Hall–Kier alpha value is -0.610. The maximum Gasteiger partial charge on any atom is 0.291 e. The number of nitrogens with zero attached hydrogens (tertiary/aromatic N) is 1. The number of nitro groups is 1. The molecule has 0 aromatic heterocycles. The smallest absolute Gasteiger partial charge is 0.258 e. The fraction of sp³-hybridized carbons (Fsp3) is 0.143.